The van der Waals surface area contributed by atoms with Crippen LogP contribution in [0.3, 0.4) is 0 Å². The summed E-state index contributed by atoms with van der Waals surface area (Å²) in [4.78, 5) is 0. The summed E-state index contributed by atoms with van der Waals surface area (Å²) < 4.78 is 0. The van der Waals surface area contributed by atoms with E-state index in [1.54, 1.807) is 24.3 Å². The Morgan fingerprint density at radius 3 is 1.10 bits per heavy atom. The normalized spacial score (nSPS) is 7.20. The molecule has 1 rings (SSSR count). The lowest BCUT2D eigenvalue weighted by atomic mass is 10.3. The highest BCUT2D eigenvalue weighted by Gasteiger charge is 1.80. The summed E-state index contributed by atoms with van der Waals surface area (Å²) >= 11 is 0. The van der Waals surface area contributed by atoms with E-state index in [9.17, 15) is 0 Å². The van der Waals surface area contributed by atoms with Gasteiger partial charge in [0.2, 0.25) is 0 Å². The van der Waals surface area contributed by atoms with Crippen molar-refractivity contribution in [3.8, 4) is 0 Å². The van der Waals surface area contributed by atoms with Crippen molar-refractivity contribution in [1.82, 2.24) is 0 Å². The van der Waals surface area contributed by atoms with Crippen molar-refractivity contribution in [2.24, 2.45) is 0 Å². The monoisotopic (exact) mass is 148 g/mol. The van der Waals surface area contributed by atoms with Gasteiger partial charge in [-0.2, -0.15) is 0 Å². The molecule has 0 saturated carbocycles. The molecule has 0 amide bonds. The van der Waals surface area contributed by atoms with Crippen LogP contribution in [0.15, 0.2) is 24.3 Å². The number of halogens is 2. The van der Waals surface area contributed by atoms with E-state index in [-0.39, 0.29) is 9.41 Å². The number of nitrogens with two attached hydrogens (primary N) is 2. The summed E-state index contributed by atoms with van der Waals surface area (Å²) in [6.07, 6.45) is 0. The molecule has 0 bridgehead atoms. The van der Waals surface area contributed by atoms with Gasteiger partial charge in [-0.3, -0.25) is 9.41 Å². The van der Waals surface area contributed by atoms with E-state index < -0.39 is 0 Å². The molecule has 1 aromatic carbocycles. The Bertz CT molecular complexity index is 153. The van der Waals surface area contributed by atoms with Crippen LogP contribution in [0.2, 0.25) is 0 Å². The quantitative estimate of drug-likeness (QED) is 0.542. The van der Waals surface area contributed by atoms with Crippen LogP contribution >= 0.6 is 0 Å². The van der Waals surface area contributed by atoms with E-state index >= 15 is 0 Å². The van der Waals surface area contributed by atoms with Gasteiger partial charge >= 0.3 is 0 Å². The summed E-state index contributed by atoms with van der Waals surface area (Å²) in [5, 5.41) is 0. The number of hydrogen-bond acceptors (Lipinski definition) is 2. The second kappa shape index (κ2) is 4.55. The minimum absolute atomic E-state index is 0. The molecule has 4 N–H and O–H groups in total. The van der Waals surface area contributed by atoms with Crippen LogP contribution in [0.25, 0.3) is 0 Å². The molecule has 0 aliphatic rings. The summed E-state index contributed by atoms with van der Waals surface area (Å²) in [6, 6.07) is 7.09. The fraction of sp³-hybridized carbons (Fsp3) is 0. The first-order valence-electron chi connectivity index (χ1n) is 2.40. The van der Waals surface area contributed by atoms with Crippen LogP contribution in [0.4, 0.5) is 20.8 Å². The minimum atomic E-state index is 0. The van der Waals surface area contributed by atoms with Gasteiger partial charge in [0, 0.05) is 11.4 Å². The SMILES string of the molecule is F.F.Nc1ccc(N)cc1. The molecule has 0 aromatic heterocycles. The van der Waals surface area contributed by atoms with Crippen molar-refractivity contribution in [3.63, 3.8) is 0 Å². The molecule has 10 heavy (non-hydrogen) atoms. The molecule has 0 radical (unpaired) electrons. The van der Waals surface area contributed by atoms with Crippen molar-refractivity contribution in [3.05, 3.63) is 24.3 Å². The van der Waals surface area contributed by atoms with Crippen LogP contribution in [0, 0.1) is 0 Å². The molecule has 0 atom stereocenters. The predicted octanol–water partition coefficient (Wildman–Crippen LogP) is 1.16. The van der Waals surface area contributed by atoms with Gasteiger partial charge < -0.3 is 11.5 Å². The van der Waals surface area contributed by atoms with E-state index in [1.165, 1.54) is 0 Å². The zero-order valence-electron chi connectivity index (χ0n) is 5.28. The topological polar surface area (TPSA) is 52.0 Å². The largest absolute Gasteiger partial charge is 0.399 e. The first-order chi connectivity index (χ1) is 3.79. The van der Waals surface area contributed by atoms with Crippen LogP contribution in [-0.4, -0.2) is 0 Å². The molecule has 1 aromatic rings. The van der Waals surface area contributed by atoms with Gasteiger partial charge in [0.15, 0.2) is 0 Å². The fourth-order valence-electron chi connectivity index (χ4n) is 0.496. The summed E-state index contributed by atoms with van der Waals surface area (Å²) in [6.45, 7) is 0. The predicted molar refractivity (Wildman–Crippen MR) is 40.3 cm³/mol. The van der Waals surface area contributed by atoms with Crippen LogP contribution in [-0.2, 0) is 0 Å². The highest BCUT2D eigenvalue weighted by Crippen LogP contribution is 2.04. The van der Waals surface area contributed by atoms with Crippen LogP contribution < -0.4 is 11.5 Å². The highest BCUT2D eigenvalue weighted by molar-refractivity contribution is 5.47. The zero-order valence-corrected chi connectivity index (χ0v) is 5.28. The lowest BCUT2D eigenvalue weighted by Crippen LogP contribution is -1.86. The van der Waals surface area contributed by atoms with Gasteiger partial charge in [-0.1, -0.05) is 0 Å². The van der Waals surface area contributed by atoms with Crippen molar-refractivity contribution in [1.29, 1.82) is 0 Å². The van der Waals surface area contributed by atoms with Crippen LogP contribution in [0.5, 0.6) is 0 Å². The molecule has 2 nitrogen and oxygen atoms in total. The molecule has 58 valence electrons. The van der Waals surface area contributed by atoms with Gasteiger partial charge in [-0.05, 0) is 24.3 Å². The second-order valence-electron chi connectivity index (χ2n) is 1.67. The average Bonchev–Trinajstić information content (AvgIpc) is 1.77. The third-order valence-corrected chi connectivity index (χ3v) is 0.936. The van der Waals surface area contributed by atoms with E-state index in [2.05, 4.69) is 0 Å². The van der Waals surface area contributed by atoms with E-state index in [0.29, 0.717) is 0 Å². The third kappa shape index (κ3) is 2.86. The maximum absolute atomic E-state index is 5.37. The van der Waals surface area contributed by atoms with Crippen molar-refractivity contribution < 1.29 is 9.41 Å². The fourth-order valence-corrected chi connectivity index (χ4v) is 0.496. The Labute approximate surface area is 57.6 Å². The number of anilines is 2. The standard InChI is InChI=1S/C6H8N2.2FH/c7-5-1-2-6(8)4-3-5;;/h1-4H,7-8H2;2*1H. The minimum Gasteiger partial charge on any atom is -0.399 e. The third-order valence-electron chi connectivity index (χ3n) is 0.936. The van der Waals surface area contributed by atoms with E-state index in [1.807, 2.05) is 0 Å². The van der Waals surface area contributed by atoms with Crippen molar-refractivity contribution in [2.45, 2.75) is 0 Å². The lowest BCUT2D eigenvalue weighted by molar-refractivity contribution is 1.11. The Balaban J connectivity index is 0. The van der Waals surface area contributed by atoms with E-state index in [0.717, 1.165) is 11.4 Å². The molecule has 0 saturated heterocycles. The Kier molecular flexibility index (Phi) is 5.22. The van der Waals surface area contributed by atoms with Gasteiger partial charge in [0.1, 0.15) is 0 Å². The van der Waals surface area contributed by atoms with E-state index in [4.69, 9.17) is 11.5 Å². The molecular formula is C6H10F2N2. The number of benzene rings is 1. The van der Waals surface area contributed by atoms with Gasteiger partial charge in [-0.15, -0.1) is 0 Å². The maximum atomic E-state index is 5.37. The zero-order chi connectivity index (χ0) is 5.98. The smallest absolute Gasteiger partial charge is 0.0315 e. The summed E-state index contributed by atoms with van der Waals surface area (Å²) in [7, 11) is 0. The lowest BCUT2D eigenvalue weighted by Gasteiger charge is -1.90. The number of hydrogen-bond donors (Lipinski definition) is 2. The molecule has 0 aliphatic carbocycles. The second-order valence-corrected chi connectivity index (χ2v) is 1.67. The first-order valence-corrected chi connectivity index (χ1v) is 2.40. The summed E-state index contributed by atoms with van der Waals surface area (Å²) in [5.74, 6) is 0. The molecule has 0 aliphatic heterocycles. The van der Waals surface area contributed by atoms with Gasteiger partial charge in [0.25, 0.3) is 0 Å². The Morgan fingerprint density at radius 2 is 0.900 bits per heavy atom. The van der Waals surface area contributed by atoms with Crippen LogP contribution in [0.1, 0.15) is 0 Å². The average molecular weight is 148 g/mol. The maximum Gasteiger partial charge on any atom is 0.0315 e. The van der Waals surface area contributed by atoms with Crippen molar-refractivity contribution in [2.75, 3.05) is 11.5 Å². The molecule has 0 spiro atoms. The molecular weight excluding hydrogens is 138 g/mol. The van der Waals surface area contributed by atoms with Crippen molar-refractivity contribution >= 4 is 11.4 Å². The Morgan fingerprint density at radius 1 is 0.700 bits per heavy atom. The molecule has 0 unspecified atom stereocenters. The summed E-state index contributed by atoms with van der Waals surface area (Å²) in [5.41, 5.74) is 12.2. The first kappa shape index (κ1) is 11.5. The Hall–Kier alpha value is -1.32. The number of rotatable bonds is 0. The molecule has 0 fully saturated rings. The molecule has 4 heteroatoms. The highest BCUT2D eigenvalue weighted by atomic mass is 19.0. The molecule has 0 heterocycles. The van der Waals surface area contributed by atoms with Gasteiger partial charge in [0.05, 0.1) is 0 Å². The van der Waals surface area contributed by atoms with Gasteiger partial charge in [-0.25, -0.2) is 0 Å². The number of nitrogen functional groups attached to an aromatic ring is 2.